The number of aliphatic imine (C=N–C) groups is 1. The minimum atomic E-state index is -0.755. The second-order valence-corrected chi connectivity index (χ2v) is 7.83. The smallest absolute Gasteiger partial charge is 0.417 e. The minimum absolute atomic E-state index is 0.402. The van der Waals surface area contributed by atoms with Crippen molar-refractivity contribution in [1.82, 2.24) is 19.7 Å². The maximum atomic E-state index is 13.2. The van der Waals surface area contributed by atoms with Gasteiger partial charge in [0.15, 0.2) is 12.0 Å². The number of nitrogens with zero attached hydrogens (tertiary/aromatic N) is 5. The number of para-hydroxylation sites is 1. The van der Waals surface area contributed by atoms with Crippen LogP contribution >= 0.6 is 0 Å². The first-order valence-electron chi connectivity index (χ1n) is 10.8. The van der Waals surface area contributed by atoms with Gasteiger partial charge in [0.05, 0.1) is 18.5 Å². The van der Waals surface area contributed by atoms with E-state index >= 15 is 0 Å². The summed E-state index contributed by atoms with van der Waals surface area (Å²) in [6.45, 7) is 1.88. The number of methoxy groups -OCH3 is 1. The molecule has 0 saturated carbocycles. The molecule has 2 heterocycles. The average Bonchev–Trinajstić information content (AvgIpc) is 3.18. The SMILES string of the molecule is COc1ccc(OC(=O)N(C)C2N=C(c3ccccc3)c3ccccc3-n3c(C)nnc32)cc1. The molecule has 34 heavy (non-hydrogen) atoms. The van der Waals surface area contributed by atoms with Crippen LogP contribution in [0.4, 0.5) is 4.79 Å². The third kappa shape index (κ3) is 3.79. The van der Waals surface area contributed by atoms with Crippen LogP contribution in [0, 0.1) is 6.92 Å². The number of rotatable bonds is 4. The first-order chi connectivity index (χ1) is 16.6. The summed E-state index contributed by atoms with van der Waals surface area (Å²) in [6, 6.07) is 24.7. The van der Waals surface area contributed by atoms with Gasteiger partial charge in [-0.15, -0.1) is 10.2 Å². The van der Waals surface area contributed by atoms with Crippen molar-refractivity contribution in [2.45, 2.75) is 13.1 Å². The molecule has 0 bridgehead atoms. The summed E-state index contributed by atoms with van der Waals surface area (Å²) in [5.74, 6) is 2.31. The lowest BCUT2D eigenvalue weighted by Crippen LogP contribution is -2.34. The van der Waals surface area contributed by atoms with Crippen molar-refractivity contribution in [3.63, 3.8) is 0 Å². The molecule has 1 amide bonds. The number of benzene rings is 3. The fourth-order valence-electron chi connectivity index (χ4n) is 3.96. The van der Waals surface area contributed by atoms with E-state index < -0.39 is 12.3 Å². The third-order valence-electron chi connectivity index (χ3n) is 5.70. The van der Waals surface area contributed by atoms with E-state index in [0.29, 0.717) is 23.1 Å². The lowest BCUT2D eigenvalue weighted by atomic mass is 10.0. The predicted octanol–water partition coefficient (Wildman–Crippen LogP) is 4.56. The molecule has 0 saturated heterocycles. The van der Waals surface area contributed by atoms with Gasteiger partial charge in [0.25, 0.3) is 0 Å². The summed E-state index contributed by atoms with van der Waals surface area (Å²) < 4.78 is 12.7. The van der Waals surface area contributed by atoms with Crippen molar-refractivity contribution in [1.29, 1.82) is 0 Å². The monoisotopic (exact) mass is 453 g/mol. The molecule has 8 heteroatoms. The lowest BCUT2D eigenvalue weighted by molar-refractivity contribution is 0.144. The first-order valence-corrected chi connectivity index (χ1v) is 10.8. The van der Waals surface area contributed by atoms with E-state index in [1.54, 1.807) is 38.4 Å². The van der Waals surface area contributed by atoms with E-state index in [0.717, 1.165) is 22.5 Å². The highest BCUT2D eigenvalue weighted by atomic mass is 16.6. The molecule has 0 N–H and O–H groups in total. The van der Waals surface area contributed by atoms with Crippen molar-refractivity contribution >= 4 is 11.8 Å². The Labute approximate surface area is 197 Å². The van der Waals surface area contributed by atoms with Gasteiger partial charge >= 0.3 is 6.09 Å². The molecule has 0 spiro atoms. The third-order valence-corrected chi connectivity index (χ3v) is 5.70. The Morgan fingerprint density at radius 2 is 1.59 bits per heavy atom. The topological polar surface area (TPSA) is 81.8 Å². The minimum Gasteiger partial charge on any atom is -0.497 e. The second-order valence-electron chi connectivity index (χ2n) is 7.83. The lowest BCUT2D eigenvalue weighted by Gasteiger charge is -2.23. The maximum absolute atomic E-state index is 13.2. The first kappa shape index (κ1) is 21.4. The molecule has 1 aromatic heterocycles. The number of fused-ring (bicyclic) bond motifs is 3. The Balaban J connectivity index is 1.59. The van der Waals surface area contributed by atoms with Crippen LogP contribution in [0.3, 0.4) is 0 Å². The zero-order valence-corrected chi connectivity index (χ0v) is 19.0. The van der Waals surface area contributed by atoms with E-state index in [-0.39, 0.29) is 0 Å². The van der Waals surface area contributed by atoms with Gasteiger partial charge in [-0.25, -0.2) is 4.79 Å². The number of amides is 1. The van der Waals surface area contributed by atoms with Gasteiger partial charge in [-0.2, -0.15) is 0 Å². The highest BCUT2D eigenvalue weighted by molar-refractivity contribution is 6.15. The molecule has 170 valence electrons. The maximum Gasteiger partial charge on any atom is 0.417 e. The van der Waals surface area contributed by atoms with Crippen LogP contribution in [0.5, 0.6) is 11.5 Å². The quantitative estimate of drug-likeness (QED) is 0.452. The Morgan fingerprint density at radius 1 is 0.912 bits per heavy atom. The van der Waals surface area contributed by atoms with Crippen LogP contribution in [0.15, 0.2) is 83.9 Å². The Bertz CT molecular complexity index is 1360. The molecule has 1 atom stereocenters. The van der Waals surface area contributed by atoms with Crippen LogP contribution in [-0.2, 0) is 0 Å². The van der Waals surface area contributed by atoms with Gasteiger partial charge in [0, 0.05) is 18.2 Å². The highest BCUT2D eigenvalue weighted by Gasteiger charge is 2.33. The molecule has 5 rings (SSSR count). The Hall–Kier alpha value is -4.46. The molecule has 8 nitrogen and oxygen atoms in total. The summed E-state index contributed by atoms with van der Waals surface area (Å²) in [7, 11) is 3.23. The fourth-order valence-corrected chi connectivity index (χ4v) is 3.96. The van der Waals surface area contributed by atoms with Gasteiger partial charge in [-0.3, -0.25) is 14.5 Å². The van der Waals surface area contributed by atoms with E-state index in [4.69, 9.17) is 14.5 Å². The number of ether oxygens (including phenoxy) is 2. The number of carbonyl (C=O) groups excluding carboxylic acids is 1. The number of aromatic nitrogens is 3. The van der Waals surface area contributed by atoms with Crippen molar-refractivity contribution in [2.75, 3.05) is 14.2 Å². The van der Waals surface area contributed by atoms with Crippen molar-refractivity contribution in [3.8, 4) is 17.2 Å². The summed E-state index contributed by atoms with van der Waals surface area (Å²) in [6.07, 6.45) is -1.32. The number of hydrogen-bond donors (Lipinski definition) is 0. The average molecular weight is 454 g/mol. The Kier molecular flexibility index (Phi) is 5.55. The summed E-state index contributed by atoms with van der Waals surface area (Å²) in [4.78, 5) is 19.6. The van der Waals surface area contributed by atoms with Crippen LogP contribution < -0.4 is 9.47 Å². The molecule has 3 aromatic carbocycles. The molecule has 0 aliphatic carbocycles. The Morgan fingerprint density at radius 3 is 2.32 bits per heavy atom. The zero-order valence-electron chi connectivity index (χ0n) is 19.0. The molecule has 1 aliphatic rings. The molecule has 0 fully saturated rings. The summed E-state index contributed by atoms with van der Waals surface area (Å²) in [5, 5.41) is 8.68. The summed E-state index contributed by atoms with van der Waals surface area (Å²) >= 11 is 0. The van der Waals surface area contributed by atoms with E-state index in [9.17, 15) is 4.79 Å². The number of aryl methyl sites for hydroxylation is 1. The van der Waals surface area contributed by atoms with Crippen LogP contribution in [0.1, 0.15) is 28.9 Å². The van der Waals surface area contributed by atoms with Gasteiger partial charge in [0.1, 0.15) is 17.3 Å². The zero-order chi connectivity index (χ0) is 23.7. The van der Waals surface area contributed by atoms with Crippen LogP contribution in [0.2, 0.25) is 0 Å². The molecule has 1 unspecified atom stereocenters. The largest absolute Gasteiger partial charge is 0.497 e. The van der Waals surface area contributed by atoms with Crippen molar-refractivity contribution in [2.24, 2.45) is 4.99 Å². The van der Waals surface area contributed by atoms with Crippen LogP contribution in [-0.4, -0.2) is 45.6 Å². The molecular weight excluding hydrogens is 430 g/mol. The normalized spacial score (nSPS) is 14.3. The van der Waals surface area contributed by atoms with Crippen molar-refractivity contribution < 1.29 is 14.3 Å². The fraction of sp³-hybridized carbons (Fsp3) is 0.154. The summed E-state index contributed by atoms with van der Waals surface area (Å²) in [5.41, 5.74) is 3.53. The standard InChI is InChI=1S/C26H23N5O3/c1-17-28-29-25-24(30(2)26(32)34-20-15-13-19(33-3)14-16-20)27-23(18-9-5-4-6-10-18)21-11-7-8-12-22(21)31(17)25/h4-16,24H,1-3H3. The molecular formula is C26H23N5O3. The highest BCUT2D eigenvalue weighted by Crippen LogP contribution is 2.32. The van der Waals surface area contributed by atoms with Gasteiger partial charge < -0.3 is 9.47 Å². The van der Waals surface area contributed by atoms with Gasteiger partial charge in [-0.1, -0.05) is 48.5 Å². The van der Waals surface area contributed by atoms with Gasteiger partial charge in [-0.05, 0) is 37.3 Å². The molecule has 0 radical (unpaired) electrons. The van der Waals surface area contributed by atoms with Crippen LogP contribution in [0.25, 0.3) is 5.69 Å². The molecule has 1 aliphatic heterocycles. The van der Waals surface area contributed by atoms with Gasteiger partial charge in [0.2, 0.25) is 0 Å². The van der Waals surface area contributed by atoms with E-state index in [1.807, 2.05) is 66.1 Å². The second kappa shape index (κ2) is 8.82. The predicted molar refractivity (Wildman–Crippen MR) is 128 cm³/mol. The number of carbonyl (C=O) groups is 1. The molecule has 4 aromatic rings. The van der Waals surface area contributed by atoms with Crippen molar-refractivity contribution in [3.05, 3.63) is 102 Å². The van der Waals surface area contributed by atoms with E-state index in [1.165, 1.54) is 4.90 Å². The number of hydrogen-bond acceptors (Lipinski definition) is 6. The van der Waals surface area contributed by atoms with E-state index in [2.05, 4.69) is 10.2 Å².